The fourth-order valence-electron chi connectivity index (χ4n) is 1.07. The average molecular weight is 185 g/mol. The van der Waals surface area contributed by atoms with E-state index in [9.17, 15) is 0 Å². The van der Waals surface area contributed by atoms with Gasteiger partial charge in [0, 0.05) is 0 Å². The van der Waals surface area contributed by atoms with E-state index in [-0.39, 0.29) is 5.41 Å². The predicted molar refractivity (Wildman–Crippen MR) is 47.6 cm³/mol. The van der Waals surface area contributed by atoms with Crippen LogP contribution in [0.15, 0.2) is 5.51 Å². The Morgan fingerprint density at radius 2 is 2.45 bits per heavy atom. The van der Waals surface area contributed by atoms with Crippen molar-refractivity contribution in [3.63, 3.8) is 0 Å². The second-order valence-electron chi connectivity index (χ2n) is 2.69. The van der Waals surface area contributed by atoms with Crippen molar-refractivity contribution in [3.8, 4) is 0 Å². The minimum absolute atomic E-state index is 0.0729. The summed E-state index contributed by atoms with van der Waals surface area (Å²) >= 11 is 6.49. The molecule has 0 saturated heterocycles. The van der Waals surface area contributed by atoms with Gasteiger partial charge in [0.15, 0.2) is 0 Å². The zero-order valence-electron chi connectivity index (χ0n) is 5.78. The van der Waals surface area contributed by atoms with Crippen LogP contribution < -0.4 is 5.73 Å². The summed E-state index contributed by atoms with van der Waals surface area (Å²) in [7, 11) is 0. The normalized spacial score (nSPS) is 19.6. The molecule has 1 aliphatic carbocycles. The number of hydrogen-bond acceptors (Lipinski definition) is 4. The molecule has 1 fully saturated rings. The lowest BCUT2D eigenvalue weighted by Gasteiger charge is -2.06. The van der Waals surface area contributed by atoms with E-state index >= 15 is 0 Å². The van der Waals surface area contributed by atoms with Crippen LogP contribution in [0.1, 0.15) is 17.8 Å². The van der Waals surface area contributed by atoms with Gasteiger partial charge in [-0.05, 0) is 12.8 Å². The van der Waals surface area contributed by atoms with Gasteiger partial charge in [0.05, 0.1) is 10.4 Å². The summed E-state index contributed by atoms with van der Waals surface area (Å²) in [5, 5.41) is 8.71. The standard InChI is InChI=1S/C6H7N3S2/c7-4(10)6(1-2-6)5-9-8-3-11-5/h3H,1-2H2,(H2,7,10). The quantitative estimate of drug-likeness (QED) is 0.694. The minimum Gasteiger partial charge on any atom is -0.393 e. The number of nitrogens with zero attached hydrogens (tertiary/aromatic N) is 2. The molecule has 1 heterocycles. The van der Waals surface area contributed by atoms with Gasteiger partial charge in [-0.3, -0.25) is 0 Å². The molecular weight excluding hydrogens is 178 g/mol. The van der Waals surface area contributed by atoms with Crippen molar-refractivity contribution in [1.82, 2.24) is 10.2 Å². The Labute approximate surface area is 73.6 Å². The van der Waals surface area contributed by atoms with Gasteiger partial charge >= 0.3 is 0 Å². The van der Waals surface area contributed by atoms with Gasteiger partial charge in [0.1, 0.15) is 10.5 Å². The van der Waals surface area contributed by atoms with Crippen LogP contribution in [-0.2, 0) is 5.41 Å². The van der Waals surface area contributed by atoms with Crippen LogP contribution in [-0.4, -0.2) is 15.2 Å². The highest BCUT2D eigenvalue weighted by Gasteiger charge is 2.49. The van der Waals surface area contributed by atoms with E-state index in [1.807, 2.05) is 0 Å². The SMILES string of the molecule is NC(=S)C1(c2nncs2)CC1. The molecule has 0 aromatic carbocycles. The van der Waals surface area contributed by atoms with Crippen molar-refractivity contribution < 1.29 is 0 Å². The Hall–Kier alpha value is -0.550. The molecular formula is C6H7N3S2. The van der Waals surface area contributed by atoms with Crippen molar-refractivity contribution in [2.24, 2.45) is 5.73 Å². The van der Waals surface area contributed by atoms with E-state index in [0.717, 1.165) is 17.8 Å². The van der Waals surface area contributed by atoms with E-state index in [2.05, 4.69) is 10.2 Å². The summed E-state index contributed by atoms with van der Waals surface area (Å²) in [5.74, 6) is 0. The summed E-state index contributed by atoms with van der Waals surface area (Å²) in [5.41, 5.74) is 7.24. The summed E-state index contributed by atoms with van der Waals surface area (Å²) in [4.78, 5) is 0.564. The van der Waals surface area contributed by atoms with Gasteiger partial charge in [-0.1, -0.05) is 12.2 Å². The third-order valence-corrected chi connectivity index (χ3v) is 3.28. The molecule has 11 heavy (non-hydrogen) atoms. The molecule has 0 spiro atoms. The maximum absolute atomic E-state index is 5.59. The summed E-state index contributed by atoms with van der Waals surface area (Å²) in [6.07, 6.45) is 2.08. The highest BCUT2D eigenvalue weighted by molar-refractivity contribution is 7.80. The molecule has 2 rings (SSSR count). The van der Waals surface area contributed by atoms with Crippen molar-refractivity contribution in [2.45, 2.75) is 18.3 Å². The Morgan fingerprint density at radius 3 is 2.82 bits per heavy atom. The van der Waals surface area contributed by atoms with Crippen molar-refractivity contribution in [3.05, 3.63) is 10.5 Å². The summed E-state index contributed by atoms with van der Waals surface area (Å²) in [6, 6.07) is 0. The lowest BCUT2D eigenvalue weighted by atomic mass is 10.1. The van der Waals surface area contributed by atoms with E-state index in [1.54, 1.807) is 5.51 Å². The second-order valence-corrected chi connectivity index (χ2v) is 3.96. The third-order valence-electron chi connectivity index (χ3n) is 1.99. The summed E-state index contributed by atoms with van der Waals surface area (Å²) in [6.45, 7) is 0. The van der Waals surface area contributed by atoms with E-state index in [4.69, 9.17) is 18.0 Å². The molecule has 1 aromatic rings. The number of aromatic nitrogens is 2. The number of thiocarbonyl (C=S) groups is 1. The topological polar surface area (TPSA) is 51.8 Å². The molecule has 0 atom stereocenters. The first-order valence-corrected chi connectivity index (χ1v) is 4.61. The molecule has 0 radical (unpaired) electrons. The van der Waals surface area contributed by atoms with Gasteiger partial charge in [-0.15, -0.1) is 21.5 Å². The number of nitrogens with two attached hydrogens (primary N) is 1. The van der Waals surface area contributed by atoms with Gasteiger partial charge in [0.2, 0.25) is 0 Å². The van der Waals surface area contributed by atoms with Crippen LogP contribution in [0.4, 0.5) is 0 Å². The Morgan fingerprint density at radius 1 is 1.73 bits per heavy atom. The zero-order valence-corrected chi connectivity index (χ0v) is 7.41. The van der Waals surface area contributed by atoms with Crippen LogP contribution in [0.5, 0.6) is 0 Å². The summed E-state index contributed by atoms with van der Waals surface area (Å²) < 4.78 is 0. The second kappa shape index (κ2) is 2.22. The maximum Gasteiger partial charge on any atom is 0.130 e. The third kappa shape index (κ3) is 0.954. The molecule has 58 valence electrons. The molecule has 1 saturated carbocycles. The number of rotatable bonds is 2. The minimum atomic E-state index is -0.0729. The first-order chi connectivity index (χ1) is 5.26. The molecule has 0 bridgehead atoms. The Kier molecular flexibility index (Phi) is 1.43. The van der Waals surface area contributed by atoms with Crippen LogP contribution in [0.2, 0.25) is 0 Å². The van der Waals surface area contributed by atoms with Crippen molar-refractivity contribution in [1.29, 1.82) is 0 Å². The monoisotopic (exact) mass is 185 g/mol. The van der Waals surface area contributed by atoms with Crippen LogP contribution in [0.3, 0.4) is 0 Å². The average Bonchev–Trinajstić information content (AvgIpc) is 2.61. The lowest BCUT2D eigenvalue weighted by molar-refractivity contribution is 0.884. The Balaban J connectivity index is 2.36. The van der Waals surface area contributed by atoms with Crippen LogP contribution in [0, 0.1) is 0 Å². The van der Waals surface area contributed by atoms with Crippen LogP contribution >= 0.6 is 23.6 Å². The molecule has 0 amide bonds. The van der Waals surface area contributed by atoms with Crippen molar-refractivity contribution in [2.75, 3.05) is 0 Å². The van der Waals surface area contributed by atoms with Gasteiger partial charge in [-0.25, -0.2) is 0 Å². The Bertz CT molecular complexity index is 276. The smallest absolute Gasteiger partial charge is 0.130 e. The molecule has 5 heteroatoms. The first kappa shape index (κ1) is 7.12. The zero-order chi connectivity index (χ0) is 7.90. The highest BCUT2D eigenvalue weighted by atomic mass is 32.1. The fourth-order valence-corrected chi connectivity index (χ4v) is 2.27. The molecule has 2 N–H and O–H groups in total. The van der Waals surface area contributed by atoms with Gasteiger partial charge < -0.3 is 5.73 Å². The molecule has 1 aromatic heterocycles. The van der Waals surface area contributed by atoms with Crippen LogP contribution in [0.25, 0.3) is 0 Å². The number of hydrogen-bond donors (Lipinski definition) is 1. The largest absolute Gasteiger partial charge is 0.393 e. The van der Waals surface area contributed by atoms with E-state index < -0.39 is 0 Å². The van der Waals surface area contributed by atoms with Crippen molar-refractivity contribution >= 4 is 28.5 Å². The van der Waals surface area contributed by atoms with E-state index in [1.165, 1.54) is 11.3 Å². The lowest BCUT2D eigenvalue weighted by Crippen LogP contribution is -2.26. The first-order valence-electron chi connectivity index (χ1n) is 3.32. The fraction of sp³-hybridized carbons (Fsp3) is 0.500. The maximum atomic E-state index is 5.59. The molecule has 3 nitrogen and oxygen atoms in total. The highest BCUT2D eigenvalue weighted by Crippen LogP contribution is 2.48. The molecule has 0 unspecified atom stereocenters. The predicted octanol–water partition coefficient (Wildman–Crippen LogP) is 0.856. The molecule has 0 aliphatic heterocycles. The van der Waals surface area contributed by atoms with Gasteiger partial charge in [0.25, 0.3) is 0 Å². The molecule has 1 aliphatic rings. The van der Waals surface area contributed by atoms with E-state index in [0.29, 0.717) is 4.99 Å². The van der Waals surface area contributed by atoms with Gasteiger partial charge in [-0.2, -0.15) is 0 Å².